The zero-order valence-electron chi connectivity index (χ0n) is 27.6. The van der Waals surface area contributed by atoms with Crippen LogP contribution in [0, 0.1) is 87.9 Å². The topological polar surface area (TPSA) is 68.6 Å². The predicted octanol–water partition coefficient (Wildman–Crippen LogP) is 9.25. The third kappa shape index (κ3) is 5.33. The van der Waals surface area contributed by atoms with Crippen molar-refractivity contribution in [2.24, 2.45) is 70.0 Å². The van der Waals surface area contributed by atoms with Crippen LogP contribution in [0.5, 0.6) is 0 Å². The number of nitriles is 1. The fraction of sp³-hybridized carbons (Fsp3) is 0.850. The first-order valence-electron chi connectivity index (χ1n) is 18.7. The van der Waals surface area contributed by atoms with E-state index in [-0.39, 0.29) is 12.2 Å². The highest BCUT2D eigenvalue weighted by molar-refractivity contribution is 5.28. The third-order valence-electron chi connectivity index (χ3n) is 15.9. The summed E-state index contributed by atoms with van der Waals surface area (Å²) < 4.78 is 0. The SMILES string of the molecule is C[C@]12C[C@H]3CC[C@@H]4C[C@@H](O)CC[C@H]4[C@@H]3C[C@@H]1CC/C2=C\C#N.[C-]#[N+]/C=C1/CC[C@H]2C[C@@H]3[C@H](CC[C@@H]4C[C@@H](O)CC[C@H]43)C[C@]12C. The fourth-order valence-electron chi connectivity index (χ4n) is 13.6. The van der Waals surface area contributed by atoms with E-state index in [0.29, 0.717) is 10.8 Å². The van der Waals surface area contributed by atoms with Gasteiger partial charge in [-0.1, -0.05) is 25.0 Å². The summed E-state index contributed by atoms with van der Waals surface area (Å²) in [5.74, 6) is 8.56. The van der Waals surface area contributed by atoms with Crippen LogP contribution >= 0.6 is 0 Å². The molecule has 14 atom stereocenters. The van der Waals surface area contributed by atoms with Gasteiger partial charge < -0.3 is 10.2 Å². The molecule has 4 nitrogen and oxygen atoms in total. The number of allylic oxidation sites excluding steroid dienone is 3. The lowest BCUT2D eigenvalue weighted by Crippen LogP contribution is -2.46. The van der Waals surface area contributed by atoms with Crippen molar-refractivity contribution in [2.75, 3.05) is 0 Å². The van der Waals surface area contributed by atoms with Crippen molar-refractivity contribution in [2.45, 2.75) is 142 Å². The molecule has 0 bridgehead atoms. The second kappa shape index (κ2) is 12.2. The standard InChI is InChI=1S/2C20H29NO/c1-20-11-14-4-3-13-9-17(22)7-8-18(13)19(14)10-15(20)5-6-16(20)12-21-2;1-20-12-14-3-2-13-10-17(22)6-7-18(13)19(14)11-16(20)5-4-15(20)8-9-21/h12-15,17-19,22H,3-11H2,1H3;8,13-14,16-19,22H,2-7,10-12H2,1H3/b16-12-;15-8+/t13-,14-,15+,17+,18-,19-,20+;13-,14-,16+,17+,18-,19-,20-/m11/s1. The number of aliphatic hydroxyl groups is 2. The van der Waals surface area contributed by atoms with Crippen LogP contribution in [0.15, 0.2) is 23.4 Å². The molecule has 8 rings (SSSR count). The normalized spacial score (nSPS) is 52.5. The van der Waals surface area contributed by atoms with Crippen LogP contribution in [-0.2, 0) is 0 Å². The molecule has 8 aliphatic rings. The van der Waals surface area contributed by atoms with Crippen LogP contribution in [0.3, 0.4) is 0 Å². The van der Waals surface area contributed by atoms with Crippen molar-refractivity contribution >= 4 is 0 Å². The van der Waals surface area contributed by atoms with Gasteiger partial charge in [0.2, 0.25) is 0 Å². The number of hydrogen-bond acceptors (Lipinski definition) is 3. The predicted molar refractivity (Wildman–Crippen MR) is 175 cm³/mol. The summed E-state index contributed by atoms with van der Waals surface area (Å²) in [7, 11) is 0. The van der Waals surface area contributed by atoms with E-state index in [9.17, 15) is 10.2 Å². The van der Waals surface area contributed by atoms with Crippen molar-refractivity contribution in [3.63, 3.8) is 0 Å². The van der Waals surface area contributed by atoms with Gasteiger partial charge in [0.1, 0.15) is 0 Å². The van der Waals surface area contributed by atoms with Gasteiger partial charge in [0, 0.05) is 6.08 Å². The minimum Gasteiger partial charge on any atom is -0.393 e. The van der Waals surface area contributed by atoms with E-state index < -0.39 is 0 Å². The molecule has 8 fully saturated rings. The van der Waals surface area contributed by atoms with E-state index in [2.05, 4.69) is 24.8 Å². The maximum Gasteiger partial charge on any atom is 0.154 e. The van der Waals surface area contributed by atoms with E-state index >= 15 is 0 Å². The zero-order chi connectivity index (χ0) is 30.6. The highest BCUT2D eigenvalue weighted by atomic mass is 16.3. The van der Waals surface area contributed by atoms with Gasteiger partial charge in [-0.25, -0.2) is 4.85 Å². The molecule has 2 N–H and O–H groups in total. The minimum atomic E-state index is -0.0247. The maximum atomic E-state index is 9.99. The van der Waals surface area contributed by atoms with Crippen LogP contribution in [0.25, 0.3) is 4.85 Å². The number of fused-ring (bicyclic) bond motifs is 8. The average Bonchev–Trinajstić information content (AvgIpc) is 3.50. The summed E-state index contributed by atoms with van der Waals surface area (Å²) in [6.45, 7) is 12.1. The Kier molecular flexibility index (Phi) is 8.59. The van der Waals surface area contributed by atoms with Gasteiger partial charge in [-0.3, -0.25) is 0 Å². The minimum absolute atomic E-state index is 0.0219. The van der Waals surface area contributed by atoms with Crippen molar-refractivity contribution in [1.29, 1.82) is 5.26 Å². The second-order valence-electron chi connectivity index (χ2n) is 17.6. The Hall–Kier alpha value is -1.62. The van der Waals surface area contributed by atoms with E-state index in [0.717, 1.165) is 97.7 Å². The molecule has 0 spiro atoms. The number of rotatable bonds is 0. The molecule has 0 aromatic heterocycles. The molecular weight excluding hydrogens is 540 g/mol. The van der Waals surface area contributed by atoms with Gasteiger partial charge in [-0.05, 0) is 186 Å². The van der Waals surface area contributed by atoms with E-state index in [4.69, 9.17) is 11.8 Å². The third-order valence-corrected chi connectivity index (χ3v) is 15.9. The monoisotopic (exact) mass is 598 g/mol. The Bertz CT molecular complexity index is 1130. The molecule has 0 radical (unpaired) electrons. The van der Waals surface area contributed by atoms with Crippen molar-refractivity contribution in [3.05, 3.63) is 34.8 Å². The summed E-state index contributed by atoms with van der Waals surface area (Å²) in [6.07, 6.45) is 26.2. The molecular formula is C40H58N2O2. The van der Waals surface area contributed by atoms with Gasteiger partial charge in [0.25, 0.3) is 0 Å². The molecule has 0 aromatic carbocycles. The first-order valence-corrected chi connectivity index (χ1v) is 18.7. The van der Waals surface area contributed by atoms with Gasteiger partial charge >= 0.3 is 0 Å². The Morgan fingerprint density at radius 1 is 0.659 bits per heavy atom. The maximum absolute atomic E-state index is 9.99. The second-order valence-corrected chi connectivity index (χ2v) is 17.6. The number of nitrogens with zero attached hydrogens (tertiary/aromatic N) is 2. The van der Waals surface area contributed by atoms with Gasteiger partial charge in [0.05, 0.1) is 24.8 Å². The van der Waals surface area contributed by atoms with Crippen LogP contribution in [0.4, 0.5) is 0 Å². The average molecular weight is 599 g/mol. The Balaban J connectivity index is 0.000000142. The molecule has 4 heteroatoms. The largest absolute Gasteiger partial charge is 0.393 e. The highest BCUT2D eigenvalue weighted by Gasteiger charge is 2.55. The summed E-state index contributed by atoms with van der Waals surface area (Å²) in [4.78, 5) is 3.59. The van der Waals surface area contributed by atoms with Crippen LogP contribution in [0.1, 0.15) is 129 Å². The summed E-state index contributed by atoms with van der Waals surface area (Å²) >= 11 is 0. The molecule has 8 aliphatic carbocycles. The van der Waals surface area contributed by atoms with Crippen LogP contribution in [-0.4, -0.2) is 22.4 Å². The lowest BCUT2D eigenvalue weighted by atomic mass is 9.51. The molecule has 0 saturated heterocycles. The van der Waals surface area contributed by atoms with E-state index in [1.54, 1.807) is 0 Å². The summed E-state index contributed by atoms with van der Waals surface area (Å²) in [5, 5.41) is 29.1. The fourth-order valence-corrected chi connectivity index (χ4v) is 13.6. The van der Waals surface area contributed by atoms with Gasteiger partial charge in [-0.15, -0.1) is 0 Å². The smallest absolute Gasteiger partial charge is 0.154 e. The lowest BCUT2D eigenvalue weighted by Gasteiger charge is -2.54. The molecule has 44 heavy (non-hydrogen) atoms. The summed E-state index contributed by atoms with van der Waals surface area (Å²) in [5.41, 5.74) is 3.54. The van der Waals surface area contributed by atoms with Gasteiger partial charge in [0.15, 0.2) is 6.20 Å². The van der Waals surface area contributed by atoms with Crippen molar-refractivity contribution < 1.29 is 10.2 Å². The van der Waals surface area contributed by atoms with Gasteiger partial charge in [-0.2, -0.15) is 5.26 Å². The summed E-state index contributed by atoms with van der Waals surface area (Å²) in [6, 6.07) is 2.30. The zero-order valence-corrected chi connectivity index (χ0v) is 27.6. The molecule has 0 aromatic rings. The first-order chi connectivity index (χ1) is 21.2. The Labute approximate surface area is 267 Å². The quantitative estimate of drug-likeness (QED) is 0.216. The van der Waals surface area contributed by atoms with E-state index in [1.807, 2.05) is 12.3 Å². The number of aliphatic hydroxyl groups excluding tert-OH is 2. The number of hydrogen-bond donors (Lipinski definition) is 2. The van der Waals surface area contributed by atoms with Crippen molar-refractivity contribution in [1.82, 2.24) is 0 Å². The molecule has 240 valence electrons. The molecule has 8 saturated carbocycles. The van der Waals surface area contributed by atoms with Crippen LogP contribution < -0.4 is 0 Å². The highest BCUT2D eigenvalue weighted by Crippen LogP contribution is 2.64. The van der Waals surface area contributed by atoms with Crippen molar-refractivity contribution in [3.8, 4) is 6.07 Å². The Morgan fingerprint density at radius 2 is 1.14 bits per heavy atom. The molecule has 0 unspecified atom stereocenters. The lowest BCUT2D eigenvalue weighted by molar-refractivity contribution is -0.0507. The molecule has 0 aliphatic heterocycles. The molecule has 0 amide bonds. The first kappa shape index (κ1) is 31.0. The van der Waals surface area contributed by atoms with E-state index in [1.165, 1.54) is 88.2 Å². The Morgan fingerprint density at radius 3 is 1.64 bits per heavy atom. The molecule has 0 heterocycles. The van der Waals surface area contributed by atoms with Crippen LogP contribution in [0.2, 0.25) is 0 Å².